The maximum atomic E-state index is 11.2. The largest absolute Gasteiger partial charge is 0.315 e. The van der Waals surface area contributed by atoms with Gasteiger partial charge in [-0.25, -0.2) is 0 Å². The maximum absolute atomic E-state index is 11.2. The van der Waals surface area contributed by atoms with E-state index in [0.29, 0.717) is 0 Å². The monoisotopic (exact) mass is 373 g/mol. The van der Waals surface area contributed by atoms with E-state index in [2.05, 4.69) is 6.92 Å². The Labute approximate surface area is 168 Å². The number of nitrogens with zero attached hydrogens (tertiary/aromatic N) is 1. The fraction of sp³-hybridized carbons (Fsp3) is 0.720. The fourth-order valence-electron chi connectivity index (χ4n) is 3.69. The molecule has 0 bridgehead atoms. The Balaban J connectivity index is 1.82. The van der Waals surface area contributed by atoms with Crippen molar-refractivity contribution in [3.8, 4) is 0 Å². The van der Waals surface area contributed by atoms with Gasteiger partial charge in [0.1, 0.15) is 0 Å². The third-order valence-corrected chi connectivity index (χ3v) is 5.47. The van der Waals surface area contributed by atoms with Crippen LogP contribution in [0.2, 0.25) is 0 Å². The van der Waals surface area contributed by atoms with Crippen LogP contribution in [-0.2, 0) is 4.79 Å². The normalized spacial score (nSPS) is 10.9. The summed E-state index contributed by atoms with van der Waals surface area (Å²) in [6, 6.07) is 9.96. The number of benzene rings is 1. The molecule has 0 N–H and O–H groups in total. The van der Waals surface area contributed by atoms with Crippen LogP contribution in [0, 0.1) is 0 Å². The molecule has 0 radical (unpaired) electrons. The molecule has 0 heterocycles. The Morgan fingerprint density at radius 3 is 1.44 bits per heavy atom. The summed E-state index contributed by atoms with van der Waals surface area (Å²) in [5, 5.41) is 0. The molecule has 0 atom stereocenters. The zero-order valence-corrected chi connectivity index (χ0v) is 17.8. The Bertz CT molecular complexity index is 431. The molecule has 0 aromatic heterocycles. The van der Waals surface area contributed by atoms with Crippen LogP contribution < -0.4 is 4.90 Å². The van der Waals surface area contributed by atoms with Crippen LogP contribution in [0.5, 0.6) is 0 Å². The second kappa shape index (κ2) is 18.1. The van der Waals surface area contributed by atoms with Gasteiger partial charge in [0.15, 0.2) is 0 Å². The first-order valence-electron chi connectivity index (χ1n) is 11.7. The number of amides is 1. The second-order valence-electron chi connectivity index (χ2n) is 7.94. The lowest BCUT2D eigenvalue weighted by Gasteiger charge is -2.17. The van der Waals surface area contributed by atoms with Crippen molar-refractivity contribution in [2.45, 2.75) is 110 Å². The highest BCUT2D eigenvalue weighted by Crippen LogP contribution is 2.15. The fourth-order valence-corrected chi connectivity index (χ4v) is 3.69. The van der Waals surface area contributed by atoms with Crippen LogP contribution in [0.1, 0.15) is 110 Å². The molecule has 27 heavy (non-hydrogen) atoms. The van der Waals surface area contributed by atoms with E-state index in [4.69, 9.17) is 0 Å². The molecule has 1 amide bonds. The Morgan fingerprint density at radius 1 is 0.630 bits per heavy atom. The molecular weight excluding hydrogens is 330 g/mol. The minimum Gasteiger partial charge on any atom is -0.315 e. The van der Waals surface area contributed by atoms with E-state index < -0.39 is 0 Å². The predicted molar refractivity (Wildman–Crippen MR) is 119 cm³/mol. The van der Waals surface area contributed by atoms with Crippen LogP contribution in [-0.4, -0.2) is 13.0 Å². The van der Waals surface area contributed by atoms with E-state index >= 15 is 0 Å². The lowest BCUT2D eigenvalue weighted by Crippen LogP contribution is -2.22. The van der Waals surface area contributed by atoms with Gasteiger partial charge in [0.25, 0.3) is 0 Å². The molecule has 0 saturated carbocycles. The number of hydrogen-bond donors (Lipinski definition) is 0. The quantitative estimate of drug-likeness (QED) is 0.178. The van der Waals surface area contributed by atoms with E-state index in [1.54, 1.807) is 0 Å². The van der Waals surface area contributed by atoms with Gasteiger partial charge in [-0.05, 0) is 18.6 Å². The average molecular weight is 374 g/mol. The highest BCUT2D eigenvalue weighted by molar-refractivity contribution is 5.74. The standard InChI is InChI=1S/C25H43NO/c1-2-3-4-5-6-7-8-9-10-11-12-13-14-15-16-20-23-26(24-27)25-21-18-17-19-22-25/h17-19,21-22,24H,2-16,20,23H2,1H3. The molecule has 154 valence electrons. The second-order valence-corrected chi connectivity index (χ2v) is 7.94. The van der Waals surface area contributed by atoms with Gasteiger partial charge in [-0.3, -0.25) is 4.79 Å². The molecule has 0 spiro atoms. The zero-order chi connectivity index (χ0) is 19.4. The molecule has 0 fully saturated rings. The summed E-state index contributed by atoms with van der Waals surface area (Å²) in [7, 11) is 0. The Kier molecular flexibility index (Phi) is 15.9. The first kappa shape index (κ1) is 23.7. The van der Waals surface area contributed by atoms with Gasteiger partial charge >= 0.3 is 0 Å². The molecular formula is C25H43NO. The Morgan fingerprint density at radius 2 is 1.04 bits per heavy atom. The van der Waals surface area contributed by atoms with Gasteiger partial charge in [-0.2, -0.15) is 0 Å². The molecule has 0 aliphatic heterocycles. The minimum absolute atomic E-state index is 0.839. The van der Waals surface area contributed by atoms with Gasteiger partial charge in [-0.1, -0.05) is 121 Å². The highest BCUT2D eigenvalue weighted by atomic mass is 16.1. The minimum atomic E-state index is 0.839. The SMILES string of the molecule is CCCCCCCCCCCCCCCCCCN(C=O)c1ccccc1. The van der Waals surface area contributed by atoms with Crippen LogP contribution in [0.15, 0.2) is 30.3 Å². The summed E-state index contributed by atoms with van der Waals surface area (Å²) < 4.78 is 0. The van der Waals surface area contributed by atoms with Gasteiger partial charge in [0, 0.05) is 12.2 Å². The number of anilines is 1. The van der Waals surface area contributed by atoms with Crippen molar-refractivity contribution in [1.29, 1.82) is 0 Å². The lowest BCUT2D eigenvalue weighted by molar-refractivity contribution is -0.107. The van der Waals surface area contributed by atoms with Crippen LogP contribution >= 0.6 is 0 Å². The molecule has 1 rings (SSSR count). The van der Waals surface area contributed by atoms with Crippen molar-refractivity contribution in [1.82, 2.24) is 0 Å². The summed E-state index contributed by atoms with van der Waals surface area (Å²) in [6.07, 6.45) is 23.0. The van der Waals surface area contributed by atoms with Crippen molar-refractivity contribution < 1.29 is 4.79 Å². The van der Waals surface area contributed by atoms with Gasteiger partial charge in [0.2, 0.25) is 6.41 Å². The number of carbonyl (C=O) groups excluding carboxylic acids is 1. The zero-order valence-electron chi connectivity index (χ0n) is 17.8. The van der Waals surface area contributed by atoms with Crippen molar-refractivity contribution >= 4 is 12.1 Å². The van der Waals surface area contributed by atoms with Gasteiger partial charge in [0.05, 0.1) is 0 Å². The molecule has 1 aromatic rings. The molecule has 0 aliphatic carbocycles. The molecule has 2 heteroatoms. The third kappa shape index (κ3) is 13.5. The smallest absolute Gasteiger partial charge is 0.214 e. The predicted octanol–water partition coefficient (Wildman–Crippen LogP) is 7.91. The number of rotatable bonds is 19. The lowest BCUT2D eigenvalue weighted by atomic mass is 10.0. The van der Waals surface area contributed by atoms with Crippen molar-refractivity contribution in [2.75, 3.05) is 11.4 Å². The van der Waals surface area contributed by atoms with Crippen molar-refractivity contribution in [3.05, 3.63) is 30.3 Å². The van der Waals surface area contributed by atoms with E-state index in [-0.39, 0.29) is 0 Å². The van der Waals surface area contributed by atoms with E-state index in [9.17, 15) is 4.79 Å². The number of unbranched alkanes of at least 4 members (excludes halogenated alkanes) is 15. The summed E-state index contributed by atoms with van der Waals surface area (Å²) in [5.41, 5.74) is 1.01. The average Bonchev–Trinajstić information content (AvgIpc) is 2.71. The first-order chi connectivity index (χ1) is 13.4. The third-order valence-electron chi connectivity index (χ3n) is 5.47. The van der Waals surface area contributed by atoms with Crippen LogP contribution in [0.25, 0.3) is 0 Å². The summed E-state index contributed by atoms with van der Waals surface area (Å²) in [4.78, 5) is 13.0. The van der Waals surface area contributed by atoms with E-state index in [0.717, 1.165) is 25.1 Å². The highest BCUT2D eigenvalue weighted by Gasteiger charge is 2.03. The number of carbonyl (C=O) groups is 1. The van der Waals surface area contributed by atoms with Gasteiger partial charge in [-0.15, -0.1) is 0 Å². The Hall–Kier alpha value is -1.31. The van der Waals surface area contributed by atoms with Crippen molar-refractivity contribution in [3.63, 3.8) is 0 Å². The molecule has 1 aromatic carbocycles. The summed E-state index contributed by atoms with van der Waals surface area (Å²) in [6.45, 7) is 3.12. The molecule has 0 saturated heterocycles. The topological polar surface area (TPSA) is 20.3 Å². The number of hydrogen-bond acceptors (Lipinski definition) is 1. The maximum Gasteiger partial charge on any atom is 0.214 e. The van der Waals surface area contributed by atoms with E-state index in [1.807, 2.05) is 35.2 Å². The molecule has 0 unspecified atom stereocenters. The summed E-state index contributed by atoms with van der Waals surface area (Å²) >= 11 is 0. The number of para-hydroxylation sites is 1. The van der Waals surface area contributed by atoms with Crippen molar-refractivity contribution in [2.24, 2.45) is 0 Å². The molecule has 2 nitrogen and oxygen atoms in total. The van der Waals surface area contributed by atoms with E-state index in [1.165, 1.54) is 96.3 Å². The first-order valence-corrected chi connectivity index (χ1v) is 11.7. The van der Waals surface area contributed by atoms with Crippen LogP contribution in [0.4, 0.5) is 5.69 Å². The molecule has 0 aliphatic rings. The van der Waals surface area contributed by atoms with Gasteiger partial charge < -0.3 is 4.90 Å². The van der Waals surface area contributed by atoms with Crippen LogP contribution in [0.3, 0.4) is 0 Å². The summed E-state index contributed by atoms with van der Waals surface area (Å²) in [5.74, 6) is 0.